The molecule has 3 rings (SSSR count). The van der Waals surface area contributed by atoms with E-state index < -0.39 is 0 Å². The van der Waals surface area contributed by atoms with Crippen molar-refractivity contribution in [1.82, 2.24) is 4.98 Å². The van der Waals surface area contributed by atoms with Gasteiger partial charge in [0.15, 0.2) is 5.88 Å². The Balaban J connectivity index is 2.04. The van der Waals surface area contributed by atoms with Crippen LogP contribution < -0.4 is 4.90 Å². The van der Waals surface area contributed by atoms with Gasteiger partial charge in [0, 0.05) is 11.1 Å². The summed E-state index contributed by atoms with van der Waals surface area (Å²) in [4.78, 5) is 8.74. The van der Waals surface area contributed by atoms with Gasteiger partial charge in [0.05, 0.1) is 12.2 Å². The summed E-state index contributed by atoms with van der Waals surface area (Å²) in [6, 6.07) is 6.99. The van der Waals surface area contributed by atoms with E-state index in [9.17, 15) is 10.2 Å². The summed E-state index contributed by atoms with van der Waals surface area (Å²) in [5.41, 5.74) is 2.34. The number of aromatic nitrogens is 1. The molecule has 0 aliphatic carbocycles. The van der Waals surface area contributed by atoms with Crippen LogP contribution >= 0.6 is 11.6 Å². The number of hydrogen-bond acceptors (Lipinski definition) is 4. The van der Waals surface area contributed by atoms with Crippen molar-refractivity contribution in [2.24, 2.45) is 4.99 Å². The predicted octanol–water partition coefficient (Wildman–Crippen LogP) is 3.15. The molecule has 98 valence electrons. The Morgan fingerprint density at radius 3 is 2.79 bits per heavy atom. The number of rotatable bonds is 1. The molecular formula is C13H12ClN3O2. The fourth-order valence-corrected chi connectivity index (χ4v) is 2.35. The molecule has 0 bridgehead atoms. The van der Waals surface area contributed by atoms with Gasteiger partial charge in [0.1, 0.15) is 11.5 Å². The number of nitrogens with zero attached hydrogens (tertiary/aromatic N) is 2. The number of halogens is 1. The van der Waals surface area contributed by atoms with Crippen molar-refractivity contribution in [2.75, 3.05) is 4.90 Å². The van der Waals surface area contributed by atoms with E-state index in [0.717, 1.165) is 17.1 Å². The van der Waals surface area contributed by atoms with E-state index in [0.29, 0.717) is 17.3 Å². The van der Waals surface area contributed by atoms with E-state index >= 15 is 0 Å². The van der Waals surface area contributed by atoms with E-state index in [-0.39, 0.29) is 11.8 Å². The molecule has 2 heterocycles. The van der Waals surface area contributed by atoms with E-state index in [4.69, 9.17) is 11.6 Å². The van der Waals surface area contributed by atoms with Gasteiger partial charge in [0.25, 0.3) is 0 Å². The number of aromatic hydroxyl groups is 2. The second kappa shape index (κ2) is 4.20. The van der Waals surface area contributed by atoms with Gasteiger partial charge in [-0.1, -0.05) is 17.7 Å². The molecule has 1 aliphatic heterocycles. The zero-order chi connectivity index (χ0) is 13.6. The molecule has 0 fully saturated rings. The van der Waals surface area contributed by atoms with E-state index in [1.165, 1.54) is 6.07 Å². The number of amidine groups is 1. The van der Waals surface area contributed by atoms with Crippen molar-refractivity contribution in [2.45, 2.75) is 13.5 Å². The van der Waals surface area contributed by atoms with Crippen LogP contribution in [0.15, 0.2) is 29.3 Å². The minimum absolute atomic E-state index is 0.0792. The molecule has 0 amide bonds. The Morgan fingerprint density at radius 1 is 1.32 bits per heavy atom. The topological polar surface area (TPSA) is 71.8 Å². The summed E-state index contributed by atoms with van der Waals surface area (Å²) < 4.78 is 0. The molecule has 1 aliphatic rings. The molecule has 0 saturated heterocycles. The summed E-state index contributed by atoms with van der Waals surface area (Å²) in [6.07, 6.45) is 0. The highest BCUT2D eigenvalue weighted by Gasteiger charge is 2.22. The SMILES string of the molecule is CC1=Nc2cc(Cl)ccc2CN1c1cc(O)[nH]c1O. The molecule has 5 nitrogen and oxygen atoms in total. The van der Waals surface area contributed by atoms with Gasteiger partial charge in [-0.2, -0.15) is 0 Å². The number of fused-ring (bicyclic) bond motifs is 1. The van der Waals surface area contributed by atoms with Crippen LogP contribution in [0.2, 0.25) is 5.02 Å². The molecule has 0 atom stereocenters. The molecular weight excluding hydrogens is 266 g/mol. The van der Waals surface area contributed by atoms with Crippen LogP contribution in [0, 0.1) is 0 Å². The fraction of sp³-hybridized carbons (Fsp3) is 0.154. The first-order chi connectivity index (χ1) is 9.04. The summed E-state index contributed by atoms with van der Waals surface area (Å²) in [5.74, 6) is 0.565. The lowest BCUT2D eigenvalue weighted by Gasteiger charge is -2.28. The highest BCUT2D eigenvalue weighted by Crippen LogP contribution is 2.36. The van der Waals surface area contributed by atoms with Crippen LogP contribution in [-0.4, -0.2) is 21.0 Å². The summed E-state index contributed by atoms with van der Waals surface area (Å²) >= 11 is 5.95. The number of nitrogens with one attached hydrogen (secondary N) is 1. The van der Waals surface area contributed by atoms with Crippen LogP contribution in [0.3, 0.4) is 0 Å². The fourth-order valence-electron chi connectivity index (χ4n) is 2.18. The third-order valence-corrected chi connectivity index (χ3v) is 3.34. The molecule has 0 spiro atoms. The monoisotopic (exact) mass is 277 g/mol. The van der Waals surface area contributed by atoms with Crippen LogP contribution in [-0.2, 0) is 6.54 Å². The van der Waals surface area contributed by atoms with E-state index in [2.05, 4.69) is 9.98 Å². The molecule has 1 aromatic heterocycles. The number of aliphatic imine (C=N–C) groups is 1. The Morgan fingerprint density at radius 2 is 2.11 bits per heavy atom. The quantitative estimate of drug-likeness (QED) is 0.750. The third-order valence-electron chi connectivity index (χ3n) is 3.10. The summed E-state index contributed by atoms with van der Waals surface area (Å²) in [6.45, 7) is 2.40. The van der Waals surface area contributed by atoms with Gasteiger partial charge in [-0.3, -0.25) is 4.98 Å². The number of H-pyrrole nitrogens is 1. The van der Waals surface area contributed by atoms with Gasteiger partial charge in [-0.25, -0.2) is 4.99 Å². The smallest absolute Gasteiger partial charge is 0.215 e. The number of hydrogen-bond donors (Lipinski definition) is 3. The van der Waals surface area contributed by atoms with Gasteiger partial charge in [-0.05, 0) is 24.6 Å². The first-order valence-corrected chi connectivity index (χ1v) is 6.14. The van der Waals surface area contributed by atoms with Gasteiger partial charge < -0.3 is 15.1 Å². The average Bonchev–Trinajstić information content (AvgIpc) is 2.67. The Bertz CT molecular complexity index is 679. The molecule has 19 heavy (non-hydrogen) atoms. The predicted molar refractivity (Wildman–Crippen MR) is 74.5 cm³/mol. The largest absolute Gasteiger partial charge is 0.494 e. The second-order valence-corrected chi connectivity index (χ2v) is 4.84. The van der Waals surface area contributed by atoms with Crippen LogP contribution in [0.4, 0.5) is 11.4 Å². The first-order valence-electron chi connectivity index (χ1n) is 5.77. The van der Waals surface area contributed by atoms with E-state index in [1.807, 2.05) is 30.0 Å². The first kappa shape index (κ1) is 11.9. The van der Waals surface area contributed by atoms with E-state index in [1.54, 1.807) is 0 Å². The molecule has 0 saturated carbocycles. The van der Waals surface area contributed by atoms with Crippen molar-refractivity contribution < 1.29 is 10.2 Å². The van der Waals surface area contributed by atoms with Crippen molar-refractivity contribution in [3.8, 4) is 11.8 Å². The minimum Gasteiger partial charge on any atom is -0.494 e. The molecule has 6 heteroatoms. The number of aromatic amines is 1. The lowest BCUT2D eigenvalue weighted by molar-refractivity contribution is 0.425. The molecule has 0 radical (unpaired) electrons. The maximum absolute atomic E-state index is 9.76. The molecule has 3 N–H and O–H groups in total. The zero-order valence-corrected chi connectivity index (χ0v) is 10.9. The van der Waals surface area contributed by atoms with Gasteiger partial charge >= 0.3 is 0 Å². The minimum atomic E-state index is -0.0813. The van der Waals surface area contributed by atoms with Crippen molar-refractivity contribution in [3.05, 3.63) is 34.9 Å². The maximum Gasteiger partial charge on any atom is 0.215 e. The standard InChI is InChI=1S/C13H12ClN3O2/c1-7-15-10-4-9(14)3-2-8(10)6-17(7)11-5-12(18)16-13(11)19/h2-5,16,18-19H,6H2,1H3. The van der Waals surface area contributed by atoms with Gasteiger partial charge in [0.2, 0.25) is 5.88 Å². The van der Waals surface area contributed by atoms with Crippen LogP contribution in [0.5, 0.6) is 11.8 Å². The zero-order valence-electron chi connectivity index (χ0n) is 10.2. The Labute approximate surface area is 114 Å². The van der Waals surface area contributed by atoms with Crippen molar-refractivity contribution in [3.63, 3.8) is 0 Å². The lowest BCUT2D eigenvalue weighted by atomic mass is 10.1. The van der Waals surface area contributed by atoms with Crippen molar-refractivity contribution >= 4 is 28.8 Å². The number of benzene rings is 1. The Hall–Kier alpha value is -2.14. The third kappa shape index (κ3) is 2.02. The highest BCUT2D eigenvalue weighted by molar-refractivity contribution is 6.30. The average molecular weight is 278 g/mol. The maximum atomic E-state index is 9.76. The Kier molecular flexibility index (Phi) is 2.64. The van der Waals surface area contributed by atoms with Gasteiger partial charge in [-0.15, -0.1) is 0 Å². The molecule has 1 aromatic carbocycles. The summed E-state index contributed by atoms with van der Waals surface area (Å²) in [7, 11) is 0. The lowest BCUT2D eigenvalue weighted by Crippen LogP contribution is -2.30. The second-order valence-electron chi connectivity index (χ2n) is 4.41. The highest BCUT2D eigenvalue weighted by atomic mass is 35.5. The van der Waals surface area contributed by atoms with Crippen LogP contribution in [0.1, 0.15) is 12.5 Å². The molecule has 2 aromatic rings. The summed E-state index contributed by atoms with van der Waals surface area (Å²) in [5, 5.41) is 19.8. The molecule has 0 unspecified atom stereocenters. The van der Waals surface area contributed by atoms with Crippen molar-refractivity contribution in [1.29, 1.82) is 0 Å². The van der Waals surface area contributed by atoms with Crippen LogP contribution in [0.25, 0.3) is 0 Å². The number of anilines is 1. The normalized spacial score (nSPS) is 14.2.